The van der Waals surface area contributed by atoms with Gasteiger partial charge in [-0.25, -0.2) is 0 Å². The number of rotatable bonds is 4. The Morgan fingerprint density at radius 2 is 2.28 bits per heavy atom. The fourth-order valence-electron chi connectivity index (χ4n) is 1.74. The quantitative estimate of drug-likeness (QED) is 0.623. The summed E-state index contributed by atoms with van der Waals surface area (Å²) in [6.45, 7) is 6.90. The van der Waals surface area contributed by atoms with Crippen molar-refractivity contribution < 1.29 is 4.79 Å². The van der Waals surface area contributed by atoms with Crippen LogP contribution < -0.4 is 0 Å². The van der Waals surface area contributed by atoms with Gasteiger partial charge in [0.1, 0.15) is 5.69 Å². The fourth-order valence-corrected chi connectivity index (χ4v) is 2.65. The van der Waals surface area contributed by atoms with Gasteiger partial charge < -0.3 is 0 Å². The summed E-state index contributed by atoms with van der Waals surface area (Å²) < 4.78 is 1.75. The van der Waals surface area contributed by atoms with Crippen molar-refractivity contribution in [1.82, 2.24) is 9.78 Å². The zero-order valence-electron chi connectivity index (χ0n) is 10.8. The fraction of sp³-hybridized carbons (Fsp3) is 0.286. The zero-order chi connectivity index (χ0) is 13.1. The Kier molecular flexibility index (Phi) is 3.77. The highest BCUT2D eigenvalue weighted by atomic mass is 32.1. The minimum Gasteiger partial charge on any atom is -0.287 e. The molecule has 0 fully saturated rings. The van der Waals surface area contributed by atoms with Gasteiger partial charge in [0.2, 0.25) is 5.78 Å². The minimum atomic E-state index is -0.0505. The van der Waals surface area contributed by atoms with Gasteiger partial charge >= 0.3 is 0 Å². The van der Waals surface area contributed by atoms with E-state index in [2.05, 4.69) is 25.0 Å². The average Bonchev–Trinajstić information content (AvgIpc) is 2.93. The Labute approximate surface area is 111 Å². The lowest BCUT2D eigenvalue weighted by Gasteiger charge is -1.92. The van der Waals surface area contributed by atoms with Gasteiger partial charge in [0.25, 0.3) is 0 Å². The summed E-state index contributed by atoms with van der Waals surface area (Å²) in [6.07, 6.45) is 5.28. The Morgan fingerprint density at radius 3 is 2.83 bits per heavy atom. The number of carbonyl (C=O) groups excluding carboxylic acids is 1. The van der Waals surface area contributed by atoms with Crippen LogP contribution in [0.25, 0.3) is 6.08 Å². The second kappa shape index (κ2) is 5.31. The zero-order valence-corrected chi connectivity index (χ0v) is 11.6. The highest BCUT2D eigenvalue weighted by Gasteiger charge is 2.06. The molecule has 4 heteroatoms. The summed E-state index contributed by atoms with van der Waals surface area (Å²) in [4.78, 5) is 14.4. The SMILES string of the molecule is CCn1ccc(C(=O)/C=C/c2cc(C)sc2C)n1. The van der Waals surface area contributed by atoms with Crippen molar-refractivity contribution in [2.24, 2.45) is 0 Å². The van der Waals surface area contributed by atoms with Gasteiger partial charge in [-0.1, -0.05) is 0 Å². The average molecular weight is 260 g/mol. The van der Waals surface area contributed by atoms with E-state index < -0.39 is 0 Å². The Bertz CT molecular complexity index is 593. The molecule has 0 saturated heterocycles. The number of aromatic nitrogens is 2. The highest BCUT2D eigenvalue weighted by Crippen LogP contribution is 2.21. The van der Waals surface area contributed by atoms with Gasteiger partial charge in [-0.05, 0) is 50.6 Å². The summed E-state index contributed by atoms with van der Waals surface area (Å²) in [6, 6.07) is 3.84. The van der Waals surface area contributed by atoms with Gasteiger partial charge in [-0.2, -0.15) is 5.10 Å². The lowest BCUT2D eigenvalue weighted by Crippen LogP contribution is -1.99. The van der Waals surface area contributed by atoms with Crippen molar-refractivity contribution in [2.75, 3.05) is 0 Å². The van der Waals surface area contributed by atoms with E-state index in [0.29, 0.717) is 5.69 Å². The van der Waals surface area contributed by atoms with Gasteiger partial charge in [-0.15, -0.1) is 11.3 Å². The molecule has 0 N–H and O–H groups in total. The molecule has 0 unspecified atom stereocenters. The molecular formula is C14H16N2OS. The molecule has 0 amide bonds. The largest absolute Gasteiger partial charge is 0.287 e. The molecule has 2 heterocycles. The molecule has 0 aliphatic carbocycles. The van der Waals surface area contributed by atoms with Crippen LogP contribution >= 0.6 is 11.3 Å². The molecule has 2 aromatic rings. The normalized spacial score (nSPS) is 11.3. The minimum absolute atomic E-state index is 0.0505. The van der Waals surface area contributed by atoms with Crippen LogP contribution in [0.3, 0.4) is 0 Å². The van der Waals surface area contributed by atoms with Crippen LogP contribution in [0, 0.1) is 13.8 Å². The van der Waals surface area contributed by atoms with E-state index in [4.69, 9.17) is 0 Å². The van der Waals surface area contributed by atoms with E-state index in [1.54, 1.807) is 28.2 Å². The number of nitrogens with zero attached hydrogens (tertiary/aromatic N) is 2. The molecule has 0 spiro atoms. The van der Waals surface area contributed by atoms with Crippen LogP contribution in [0.5, 0.6) is 0 Å². The van der Waals surface area contributed by atoms with Crippen LogP contribution in [0.15, 0.2) is 24.4 Å². The lowest BCUT2D eigenvalue weighted by molar-refractivity contribution is 0.104. The lowest BCUT2D eigenvalue weighted by atomic mass is 10.2. The van der Waals surface area contributed by atoms with Gasteiger partial charge in [0, 0.05) is 22.5 Å². The van der Waals surface area contributed by atoms with Crippen LogP contribution in [-0.4, -0.2) is 15.6 Å². The molecule has 2 aromatic heterocycles. The third-order valence-electron chi connectivity index (χ3n) is 2.71. The number of hydrogen-bond acceptors (Lipinski definition) is 3. The number of allylic oxidation sites excluding steroid dienone is 1. The predicted octanol–water partition coefficient (Wildman–Crippen LogP) is 3.48. The molecule has 18 heavy (non-hydrogen) atoms. The second-order valence-corrected chi connectivity index (χ2v) is 5.58. The third kappa shape index (κ3) is 2.76. The Hall–Kier alpha value is -1.68. The maximum Gasteiger partial charge on any atom is 0.206 e. The van der Waals surface area contributed by atoms with Crippen molar-refractivity contribution >= 4 is 23.2 Å². The number of hydrogen-bond donors (Lipinski definition) is 0. The van der Waals surface area contributed by atoms with E-state index in [9.17, 15) is 4.79 Å². The number of ketones is 1. The summed E-state index contributed by atoms with van der Waals surface area (Å²) >= 11 is 1.74. The topological polar surface area (TPSA) is 34.9 Å². The second-order valence-electron chi connectivity index (χ2n) is 4.12. The molecule has 0 aliphatic rings. The van der Waals surface area contributed by atoms with E-state index in [-0.39, 0.29) is 5.78 Å². The molecule has 2 rings (SSSR count). The molecule has 0 radical (unpaired) electrons. The predicted molar refractivity (Wildman–Crippen MR) is 75.1 cm³/mol. The van der Waals surface area contributed by atoms with Gasteiger partial charge in [0.05, 0.1) is 0 Å². The van der Waals surface area contributed by atoms with Crippen LogP contribution in [0.2, 0.25) is 0 Å². The number of aryl methyl sites for hydroxylation is 3. The van der Waals surface area contributed by atoms with E-state index in [1.807, 2.05) is 19.2 Å². The molecule has 0 saturated carbocycles. The maximum absolute atomic E-state index is 11.9. The van der Waals surface area contributed by atoms with Gasteiger partial charge in [0.15, 0.2) is 0 Å². The first-order valence-corrected chi connectivity index (χ1v) is 6.74. The molecule has 0 bridgehead atoms. The first kappa shape index (κ1) is 12.8. The van der Waals surface area contributed by atoms with Crippen LogP contribution in [0.4, 0.5) is 0 Å². The number of carbonyl (C=O) groups is 1. The molecule has 3 nitrogen and oxygen atoms in total. The molecule has 0 aliphatic heterocycles. The van der Waals surface area contributed by atoms with E-state index >= 15 is 0 Å². The van der Waals surface area contributed by atoms with Gasteiger partial charge in [-0.3, -0.25) is 9.48 Å². The molecule has 0 aromatic carbocycles. The Balaban J connectivity index is 2.13. The smallest absolute Gasteiger partial charge is 0.206 e. The van der Waals surface area contributed by atoms with Crippen molar-refractivity contribution in [2.45, 2.75) is 27.3 Å². The van der Waals surface area contributed by atoms with E-state index in [1.165, 1.54) is 9.75 Å². The highest BCUT2D eigenvalue weighted by molar-refractivity contribution is 7.12. The van der Waals surface area contributed by atoms with Crippen molar-refractivity contribution in [3.8, 4) is 0 Å². The summed E-state index contributed by atoms with van der Waals surface area (Å²) in [5.74, 6) is -0.0505. The summed E-state index contributed by atoms with van der Waals surface area (Å²) in [5.41, 5.74) is 1.61. The standard InChI is InChI=1S/C14H16N2OS/c1-4-16-8-7-13(15-16)14(17)6-5-12-9-10(2)18-11(12)3/h5-9H,4H2,1-3H3/b6-5+. The monoisotopic (exact) mass is 260 g/mol. The van der Waals surface area contributed by atoms with Crippen molar-refractivity contribution in [3.05, 3.63) is 45.4 Å². The molecular weight excluding hydrogens is 244 g/mol. The summed E-state index contributed by atoms with van der Waals surface area (Å²) in [7, 11) is 0. The van der Waals surface area contributed by atoms with Crippen LogP contribution in [-0.2, 0) is 6.54 Å². The molecule has 0 atom stereocenters. The first-order valence-electron chi connectivity index (χ1n) is 5.93. The van der Waals surface area contributed by atoms with Crippen molar-refractivity contribution in [3.63, 3.8) is 0 Å². The third-order valence-corrected chi connectivity index (χ3v) is 3.69. The summed E-state index contributed by atoms with van der Waals surface area (Å²) in [5, 5.41) is 4.19. The maximum atomic E-state index is 11.9. The first-order chi connectivity index (χ1) is 8.60. The number of thiophene rings is 1. The van der Waals surface area contributed by atoms with Crippen LogP contribution in [0.1, 0.15) is 32.7 Å². The van der Waals surface area contributed by atoms with Crippen molar-refractivity contribution in [1.29, 1.82) is 0 Å². The Morgan fingerprint density at radius 1 is 1.50 bits per heavy atom. The van der Waals surface area contributed by atoms with E-state index in [0.717, 1.165) is 12.1 Å². The molecule has 94 valence electrons.